The number of carbonyl (C=O) groups excluding carboxylic acids is 1. The SMILES string of the molecule is CONC(=O)c1cc(-c2ccncc2)nc2ccccc12. The van der Waals surface area contributed by atoms with Crippen LogP contribution in [0.4, 0.5) is 0 Å². The van der Waals surface area contributed by atoms with Crippen molar-refractivity contribution in [3.63, 3.8) is 0 Å². The van der Waals surface area contributed by atoms with Gasteiger partial charge in [-0.3, -0.25) is 14.6 Å². The first kappa shape index (κ1) is 13.2. The summed E-state index contributed by atoms with van der Waals surface area (Å²) in [5, 5.41) is 0.782. The maximum Gasteiger partial charge on any atom is 0.275 e. The van der Waals surface area contributed by atoms with Gasteiger partial charge in [0.2, 0.25) is 0 Å². The fourth-order valence-electron chi connectivity index (χ4n) is 2.18. The summed E-state index contributed by atoms with van der Waals surface area (Å²) in [5.41, 5.74) is 5.26. The van der Waals surface area contributed by atoms with E-state index in [1.54, 1.807) is 18.5 Å². The predicted octanol–water partition coefficient (Wildman–Crippen LogP) is 2.59. The molecule has 2 heterocycles. The number of benzene rings is 1. The van der Waals surface area contributed by atoms with Crippen molar-refractivity contribution in [1.29, 1.82) is 0 Å². The van der Waals surface area contributed by atoms with E-state index in [0.29, 0.717) is 5.56 Å². The minimum Gasteiger partial charge on any atom is -0.277 e. The van der Waals surface area contributed by atoms with Crippen LogP contribution in [0.2, 0.25) is 0 Å². The van der Waals surface area contributed by atoms with Crippen molar-refractivity contribution >= 4 is 16.8 Å². The molecule has 3 rings (SSSR count). The Labute approximate surface area is 121 Å². The van der Waals surface area contributed by atoms with E-state index in [1.807, 2.05) is 36.4 Å². The molecule has 5 nitrogen and oxygen atoms in total. The number of nitrogens with zero attached hydrogens (tertiary/aromatic N) is 2. The van der Waals surface area contributed by atoms with Crippen molar-refractivity contribution in [3.8, 4) is 11.3 Å². The summed E-state index contributed by atoms with van der Waals surface area (Å²) in [7, 11) is 1.41. The first-order valence-corrected chi connectivity index (χ1v) is 6.43. The molecule has 0 bridgehead atoms. The van der Waals surface area contributed by atoms with Gasteiger partial charge in [-0.05, 0) is 24.3 Å². The maximum atomic E-state index is 12.2. The van der Waals surface area contributed by atoms with Gasteiger partial charge in [-0.25, -0.2) is 10.5 Å². The Balaban J connectivity index is 2.22. The van der Waals surface area contributed by atoms with Gasteiger partial charge in [-0.15, -0.1) is 0 Å². The smallest absolute Gasteiger partial charge is 0.275 e. The molecule has 0 aliphatic heterocycles. The molecule has 1 aromatic carbocycles. The Hall–Kier alpha value is -2.79. The normalized spacial score (nSPS) is 10.5. The third-order valence-electron chi connectivity index (χ3n) is 3.13. The summed E-state index contributed by atoms with van der Waals surface area (Å²) in [6.07, 6.45) is 3.39. The lowest BCUT2D eigenvalue weighted by Crippen LogP contribution is -2.22. The van der Waals surface area contributed by atoms with Crippen molar-refractivity contribution in [2.75, 3.05) is 7.11 Å². The number of nitrogens with one attached hydrogen (secondary N) is 1. The lowest BCUT2D eigenvalue weighted by Gasteiger charge is -2.09. The number of hydroxylamine groups is 1. The molecule has 0 radical (unpaired) electrons. The van der Waals surface area contributed by atoms with E-state index < -0.39 is 0 Å². The Morgan fingerprint density at radius 2 is 1.90 bits per heavy atom. The van der Waals surface area contributed by atoms with E-state index in [0.717, 1.165) is 22.2 Å². The van der Waals surface area contributed by atoms with E-state index in [2.05, 4.69) is 15.4 Å². The van der Waals surface area contributed by atoms with Crippen molar-refractivity contribution in [2.24, 2.45) is 0 Å². The van der Waals surface area contributed by atoms with Crippen molar-refractivity contribution in [1.82, 2.24) is 15.4 Å². The summed E-state index contributed by atoms with van der Waals surface area (Å²) in [4.78, 5) is 25.5. The number of para-hydroxylation sites is 1. The highest BCUT2D eigenvalue weighted by Crippen LogP contribution is 2.24. The summed E-state index contributed by atoms with van der Waals surface area (Å²) >= 11 is 0. The molecule has 5 heteroatoms. The minimum absolute atomic E-state index is 0.300. The van der Waals surface area contributed by atoms with Gasteiger partial charge >= 0.3 is 0 Å². The number of rotatable bonds is 3. The van der Waals surface area contributed by atoms with Crippen LogP contribution in [0.15, 0.2) is 54.9 Å². The Morgan fingerprint density at radius 3 is 2.67 bits per heavy atom. The molecular formula is C16H13N3O2. The van der Waals surface area contributed by atoms with Crippen molar-refractivity contribution in [3.05, 3.63) is 60.4 Å². The number of carbonyl (C=O) groups is 1. The molecule has 0 aliphatic rings. The number of hydrogen-bond acceptors (Lipinski definition) is 4. The number of hydrogen-bond donors (Lipinski definition) is 1. The topological polar surface area (TPSA) is 64.1 Å². The standard InChI is InChI=1S/C16H13N3O2/c1-21-19-16(20)13-10-15(11-6-8-17-9-7-11)18-14-5-3-2-4-12(13)14/h2-10H,1H3,(H,19,20). The van der Waals surface area contributed by atoms with Gasteiger partial charge in [0, 0.05) is 23.3 Å². The molecule has 0 unspecified atom stereocenters. The number of aromatic nitrogens is 2. The van der Waals surface area contributed by atoms with Crippen LogP contribution in [-0.4, -0.2) is 23.0 Å². The largest absolute Gasteiger partial charge is 0.277 e. The van der Waals surface area contributed by atoms with Gasteiger partial charge in [0.05, 0.1) is 23.9 Å². The van der Waals surface area contributed by atoms with Crippen molar-refractivity contribution in [2.45, 2.75) is 0 Å². The molecule has 21 heavy (non-hydrogen) atoms. The van der Waals surface area contributed by atoms with Gasteiger partial charge in [0.1, 0.15) is 0 Å². The highest BCUT2D eigenvalue weighted by molar-refractivity contribution is 6.06. The Kier molecular flexibility index (Phi) is 3.57. The van der Waals surface area contributed by atoms with Gasteiger partial charge < -0.3 is 0 Å². The Morgan fingerprint density at radius 1 is 1.14 bits per heavy atom. The molecule has 0 fully saturated rings. The van der Waals surface area contributed by atoms with Crippen LogP contribution in [0.3, 0.4) is 0 Å². The summed E-state index contributed by atoms with van der Waals surface area (Å²) in [5.74, 6) is -0.300. The number of amides is 1. The average Bonchev–Trinajstić information content (AvgIpc) is 2.55. The number of fused-ring (bicyclic) bond motifs is 1. The predicted molar refractivity (Wildman–Crippen MR) is 79.4 cm³/mol. The molecule has 2 aromatic heterocycles. The molecule has 104 valence electrons. The first-order chi connectivity index (χ1) is 10.3. The van der Waals surface area contributed by atoms with Crippen LogP contribution in [0, 0.1) is 0 Å². The van der Waals surface area contributed by atoms with E-state index in [4.69, 9.17) is 4.84 Å². The van der Waals surface area contributed by atoms with Crippen LogP contribution < -0.4 is 5.48 Å². The molecule has 0 saturated carbocycles. The second kappa shape index (κ2) is 5.68. The molecule has 0 spiro atoms. The quantitative estimate of drug-likeness (QED) is 0.748. The summed E-state index contributed by atoms with van der Waals surface area (Å²) in [6.45, 7) is 0. The third-order valence-corrected chi connectivity index (χ3v) is 3.13. The zero-order valence-corrected chi connectivity index (χ0v) is 11.4. The second-order valence-electron chi connectivity index (χ2n) is 4.44. The van der Waals surface area contributed by atoms with Crippen LogP contribution in [0.25, 0.3) is 22.2 Å². The Bertz CT molecular complexity index is 788. The second-order valence-corrected chi connectivity index (χ2v) is 4.44. The van der Waals surface area contributed by atoms with Crippen LogP contribution in [-0.2, 0) is 4.84 Å². The van der Waals surface area contributed by atoms with Crippen molar-refractivity contribution < 1.29 is 9.63 Å². The molecule has 0 atom stereocenters. The van der Waals surface area contributed by atoms with Gasteiger partial charge in [0.15, 0.2) is 0 Å². The van der Waals surface area contributed by atoms with E-state index in [9.17, 15) is 4.79 Å². The summed E-state index contributed by atoms with van der Waals surface area (Å²) in [6, 6.07) is 13.0. The fraction of sp³-hybridized carbons (Fsp3) is 0.0625. The summed E-state index contributed by atoms with van der Waals surface area (Å²) < 4.78 is 0. The lowest BCUT2D eigenvalue weighted by molar-refractivity contribution is 0.0539. The molecule has 3 aromatic rings. The monoisotopic (exact) mass is 279 g/mol. The third kappa shape index (κ3) is 2.59. The van der Waals surface area contributed by atoms with Gasteiger partial charge in [0.25, 0.3) is 5.91 Å². The first-order valence-electron chi connectivity index (χ1n) is 6.43. The molecule has 0 saturated heterocycles. The van der Waals surface area contributed by atoms with Gasteiger partial charge in [-0.2, -0.15) is 0 Å². The van der Waals surface area contributed by atoms with Crippen LogP contribution in [0.5, 0.6) is 0 Å². The zero-order chi connectivity index (χ0) is 14.7. The van der Waals surface area contributed by atoms with E-state index >= 15 is 0 Å². The highest BCUT2D eigenvalue weighted by Gasteiger charge is 2.13. The molecule has 1 amide bonds. The minimum atomic E-state index is -0.300. The van der Waals surface area contributed by atoms with Crippen LogP contribution >= 0.6 is 0 Å². The lowest BCUT2D eigenvalue weighted by atomic mass is 10.0. The molecule has 1 N–H and O–H groups in total. The van der Waals surface area contributed by atoms with Gasteiger partial charge in [-0.1, -0.05) is 18.2 Å². The number of pyridine rings is 2. The van der Waals surface area contributed by atoms with E-state index in [1.165, 1.54) is 7.11 Å². The molecular weight excluding hydrogens is 266 g/mol. The average molecular weight is 279 g/mol. The highest BCUT2D eigenvalue weighted by atomic mass is 16.6. The molecule has 0 aliphatic carbocycles. The van der Waals surface area contributed by atoms with E-state index in [-0.39, 0.29) is 5.91 Å². The van der Waals surface area contributed by atoms with Crippen LogP contribution in [0.1, 0.15) is 10.4 Å². The fourth-order valence-corrected chi connectivity index (χ4v) is 2.18. The zero-order valence-electron chi connectivity index (χ0n) is 11.4. The maximum absolute atomic E-state index is 12.2.